The second-order valence-corrected chi connectivity index (χ2v) is 13.0. The van der Waals surface area contributed by atoms with Crippen molar-refractivity contribution >= 4 is 23.4 Å². The number of aryl methyl sites for hydroxylation is 1. The number of carbonyl (C=O) groups is 3. The third kappa shape index (κ3) is 5.70. The van der Waals surface area contributed by atoms with E-state index in [1.54, 1.807) is 4.90 Å². The van der Waals surface area contributed by atoms with Gasteiger partial charge in [0.2, 0.25) is 17.7 Å². The first-order valence-corrected chi connectivity index (χ1v) is 15.7. The Morgan fingerprint density at radius 2 is 1.93 bits per heavy atom. The quantitative estimate of drug-likeness (QED) is 0.394. The van der Waals surface area contributed by atoms with Crippen molar-refractivity contribution in [1.29, 1.82) is 0 Å². The van der Waals surface area contributed by atoms with Gasteiger partial charge in [-0.05, 0) is 75.9 Å². The van der Waals surface area contributed by atoms with Crippen molar-refractivity contribution < 1.29 is 19.1 Å². The molecule has 1 aliphatic carbocycles. The van der Waals surface area contributed by atoms with E-state index < -0.39 is 29.6 Å². The molecular weight excluding hydrogens is 516 g/mol. The molecule has 224 valence electrons. The largest absolute Gasteiger partial charge is 0.359 e. The first-order chi connectivity index (χ1) is 19.7. The Morgan fingerprint density at radius 3 is 2.68 bits per heavy atom. The average Bonchev–Trinajstić information content (AvgIpc) is 3.57. The van der Waals surface area contributed by atoms with Crippen LogP contribution >= 0.6 is 0 Å². The van der Waals surface area contributed by atoms with Gasteiger partial charge in [-0.1, -0.05) is 64.3 Å². The van der Waals surface area contributed by atoms with Gasteiger partial charge >= 0.3 is 0 Å². The van der Waals surface area contributed by atoms with Crippen molar-refractivity contribution in [2.24, 2.45) is 23.7 Å². The Labute approximate surface area is 245 Å². The first-order valence-electron chi connectivity index (χ1n) is 15.7. The zero-order valence-corrected chi connectivity index (χ0v) is 25.4. The lowest BCUT2D eigenvalue weighted by Gasteiger charge is -2.38. The number of ether oxygens (including phenoxy) is 1. The van der Waals surface area contributed by atoms with Crippen LogP contribution in [0.25, 0.3) is 0 Å². The van der Waals surface area contributed by atoms with Crippen LogP contribution in [0, 0.1) is 30.6 Å². The Morgan fingerprint density at radius 1 is 1.15 bits per heavy atom. The predicted molar refractivity (Wildman–Crippen MR) is 160 cm³/mol. The molecule has 2 N–H and O–H groups in total. The van der Waals surface area contributed by atoms with Gasteiger partial charge in [0.25, 0.3) is 0 Å². The molecule has 0 unspecified atom stereocenters. The maximum atomic E-state index is 14.2. The molecule has 2 saturated heterocycles. The maximum absolute atomic E-state index is 14.2. The zero-order chi connectivity index (χ0) is 29.3. The highest BCUT2D eigenvalue weighted by atomic mass is 16.5. The van der Waals surface area contributed by atoms with Crippen molar-refractivity contribution in [3.8, 4) is 0 Å². The van der Waals surface area contributed by atoms with Crippen LogP contribution in [0.5, 0.6) is 0 Å². The van der Waals surface area contributed by atoms with E-state index >= 15 is 0 Å². The normalized spacial score (nSPS) is 33.9. The summed E-state index contributed by atoms with van der Waals surface area (Å²) in [5.74, 6) is -1.05. The Hall–Kier alpha value is -2.71. The lowest BCUT2D eigenvalue weighted by atomic mass is 9.73. The molecule has 3 amide bonds. The summed E-state index contributed by atoms with van der Waals surface area (Å²) in [4.78, 5) is 46.1. The summed E-state index contributed by atoms with van der Waals surface area (Å²) in [6.45, 7) is 10.9. The Bertz CT molecular complexity index is 1170. The van der Waals surface area contributed by atoms with E-state index in [4.69, 9.17) is 4.74 Å². The molecule has 8 atom stereocenters. The van der Waals surface area contributed by atoms with Crippen molar-refractivity contribution in [3.05, 3.63) is 42.0 Å². The summed E-state index contributed by atoms with van der Waals surface area (Å²) < 4.78 is 6.53. The number of anilines is 1. The number of amides is 3. The van der Waals surface area contributed by atoms with Crippen LogP contribution in [0.1, 0.15) is 64.9 Å². The number of hydrogen-bond donors (Lipinski definition) is 2. The minimum atomic E-state index is -1.13. The molecule has 3 aliphatic heterocycles. The molecule has 5 rings (SSSR count). The third-order valence-corrected chi connectivity index (χ3v) is 10.1. The molecule has 2 bridgehead atoms. The summed E-state index contributed by atoms with van der Waals surface area (Å²) in [5, 5.41) is 6.36. The van der Waals surface area contributed by atoms with Crippen LogP contribution in [0.15, 0.2) is 36.4 Å². The fraction of sp³-hybridized carbons (Fsp3) is 0.667. The van der Waals surface area contributed by atoms with Crippen LogP contribution in [0.3, 0.4) is 0 Å². The van der Waals surface area contributed by atoms with E-state index in [1.165, 1.54) is 6.42 Å². The van der Waals surface area contributed by atoms with Crippen LogP contribution in [0.2, 0.25) is 0 Å². The monoisotopic (exact) mass is 564 g/mol. The van der Waals surface area contributed by atoms with Gasteiger partial charge in [-0.2, -0.15) is 0 Å². The molecule has 1 aromatic carbocycles. The summed E-state index contributed by atoms with van der Waals surface area (Å²) >= 11 is 0. The van der Waals surface area contributed by atoms with Crippen molar-refractivity contribution in [2.45, 2.75) is 90.0 Å². The van der Waals surface area contributed by atoms with Gasteiger partial charge < -0.3 is 25.2 Å². The van der Waals surface area contributed by atoms with Gasteiger partial charge in [0.15, 0.2) is 0 Å². The standard InChI is InChI=1S/C33H48N4O4/c1-6-7-17-36(5)18-10-19-37-29(31(39)35-25-14-9-12-22(3)23(25)4)33-16-15-26(41-33)27(28(33)32(37)40)30(38)34-24-13-8-11-21(2)20-24/h8,11,13,15-16,20,22-23,25-29H,6-7,9-10,12,14,17-19H2,1-5H3,(H,34,38)(H,35,39)/t22-,23-,25-,26+,27-,28+,29+,33+/m1/s1. The number of hydrogen-bond acceptors (Lipinski definition) is 5. The van der Waals surface area contributed by atoms with E-state index in [0.29, 0.717) is 24.1 Å². The van der Waals surface area contributed by atoms with Crippen molar-refractivity contribution in [2.75, 3.05) is 32.0 Å². The van der Waals surface area contributed by atoms with Crippen LogP contribution in [-0.4, -0.2) is 78.0 Å². The van der Waals surface area contributed by atoms with Gasteiger partial charge in [-0.25, -0.2) is 0 Å². The number of fused-ring (bicyclic) bond motifs is 1. The first kappa shape index (κ1) is 29.8. The summed E-state index contributed by atoms with van der Waals surface area (Å²) in [7, 11) is 2.10. The van der Waals surface area contributed by atoms with E-state index in [1.807, 2.05) is 43.3 Å². The van der Waals surface area contributed by atoms with Crippen molar-refractivity contribution in [3.63, 3.8) is 0 Å². The average molecular weight is 565 g/mol. The summed E-state index contributed by atoms with van der Waals surface area (Å²) in [6.07, 6.45) is 9.48. The lowest BCUT2D eigenvalue weighted by Crippen LogP contribution is -2.58. The number of rotatable bonds is 11. The Balaban J connectivity index is 1.39. The molecule has 41 heavy (non-hydrogen) atoms. The second kappa shape index (κ2) is 12.3. The number of likely N-dealkylation sites (tertiary alicyclic amines) is 1. The fourth-order valence-corrected chi connectivity index (χ4v) is 7.55. The highest BCUT2D eigenvalue weighted by Crippen LogP contribution is 2.55. The van der Waals surface area contributed by atoms with Gasteiger partial charge in [0.05, 0.1) is 17.9 Å². The molecule has 3 heterocycles. The highest BCUT2D eigenvalue weighted by molar-refractivity contribution is 6.02. The molecule has 8 heteroatoms. The number of nitrogens with zero attached hydrogens (tertiary/aromatic N) is 2. The minimum Gasteiger partial charge on any atom is -0.359 e. The molecule has 3 fully saturated rings. The summed E-state index contributed by atoms with van der Waals surface area (Å²) in [5.41, 5.74) is 0.610. The highest BCUT2D eigenvalue weighted by Gasteiger charge is 2.72. The molecule has 8 nitrogen and oxygen atoms in total. The fourth-order valence-electron chi connectivity index (χ4n) is 7.55. The lowest BCUT2D eigenvalue weighted by molar-refractivity contribution is -0.141. The molecule has 4 aliphatic rings. The van der Waals surface area contributed by atoms with Gasteiger partial charge in [0, 0.05) is 18.3 Å². The number of carbonyl (C=O) groups excluding carboxylic acids is 3. The number of nitrogens with one attached hydrogen (secondary N) is 2. The predicted octanol–water partition coefficient (Wildman–Crippen LogP) is 4.15. The van der Waals surface area contributed by atoms with Gasteiger partial charge in [-0.15, -0.1) is 0 Å². The minimum absolute atomic E-state index is 0.0711. The van der Waals surface area contributed by atoms with Crippen LogP contribution in [0.4, 0.5) is 5.69 Å². The van der Waals surface area contributed by atoms with Gasteiger partial charge in [0.1, 0.15) is 11.6 Å². The molecule has 1 spiro atoms. The third-order valence-electron chi connectivity index (χ3n) is 10.1. The van der Waals surface area contributed by atoms with E-state index in [2.05, 4.69) is 43.4 Å². The van der Waals surface area contributed by atoms with Gasteiger partial charge in [-0.3, -0.25) is 14.4 Å². The molecule has 0 radical (unpaired) electrons. The van der Waals surface area contributed by atoms with Crippen LogP contribution < -0.4 is 10.6 Å². The number of unbranched alkanes of at least 4 members (excludes halogenated alkanes) is 1. The SMILES string of the molecule is CCCCN(C)CCCN1C(=O)[C@@H]2[C@H](C(=O)Nc3cccc(C)c3)[C@@H]3C=C[C@@]2(O3)[C@@H]1C(=O)N[C@@H]1CCC[C@@H](C)[C@H]1C. The van der Waals surface area contributed by atoms with E-state index in [9.17, 15) is 14.4 Å². The topological polar surface area (TPSA) is 91.0 Å². The zero-order valence-electron chi connectivity index (χ0n) is 25.4. The molecule has 1 aromatic rings. The van der Waals surface area contributed by atoms with Crippen molar-refractivity contribution in [1.82, 2.24) is 15.1 Å². The van der Waals surface area contributed by atoms with E-state index in [0.717, 1.165) is 50.8 Å². The molecular formula is C33H48N4O4. The second-order valence-electron chi connectivity index (χ2n) is 13.0. The number of benzene rings is 1. The van der Waals surface area contributed by atoms with E-state index in [-0.39, 0.29) is 23.8 Å². The molecule has 1 saturated carbocycles. The Kier molecular flexibility index (Phi) is 8.90. The summed E-state index contributed by atoms with van der Waals surface area (Å²) in [6, 6.07) is 6.92. The maximum Gasteiger partial charge on any atom is 0.246 e. The van der Waals surface area contributed by atoms with Crippen LogP contribution in [-0.2, 0) is 19.1 Å². The molecule has 0 aromatic heterocycles. The smallest absolute Gasteiger partial charge is 0.246 e.